The van der Waals surface area contributed by atoms with Crippen molar-refractivity contribution in [1.29, 1.82) is 0 Å². The second-order valence-corrected chi connectivity index (χ2v) is 7.38. The predicted octanol–water partition coefficient (Wildman–Crippen LogP) is 4.77. The summed E-state index contributed by atoms with van der Waals surface area (Å²) in [6.45, 7) is 1.07. The summed E-state index contributed by atoms with van der Waals surface area (Å²) in [6.07, 6.45) is 9.12. The first-order chi connectivity index (χ1) is 9.33. The third kappa shape index (κ3) is 2.75. The molecule has 102 valence electrons. The third-order valence-corrected chi connectivity index (χ3v) is 6.41. The topological polar surface area (TPSA) is 24.9 Å². The number of nitrogens with zero attached hydrogens (tertiary/aromatic N) is 1. The zero-order valence-electron chi connectivity index (χ0n) is 11.3. The number of aromatic nitrogens is 1. The van der Waals surface area contributed by atoms with Gasteiger partial charge in [-0.1, -0.05) is 31.4 Å². The molecule has 0 saturated heterocycles. The van der Waals surface area contributed by atoms with E-state index in [-0.39, 0.29) is 0 Å². The van der Waals surface area contributed by atoms with E-state index in [2.05, 4.69) is 40.2 Å². The lowest BCUT2D eigenvalue weighted by molar-refractivity contribution is 0.411. The average Bonchev–Trinajstić information content (AvgIpc) is 2.89. The molecule has 2 aromatic rings. The highest BCUT2D eigenvalue weighted by molar-refractivity contribution is 8.00. The minimum Gasteiger partial charge on any atom is -0.374 e. The van der Waals surface area contributed by atoms with Crippen molar-refractivity contribution in [2.24, 2.45) is 0 Å². The summed E-state index contributed by atoms with van der Waals surface area (Å²) in [5.41, 5.74) is 1.11. The van der Waals surface area contributed by atoms with E-state index in [1.54, 1.807) is 11.5 Å². The van der Waals surface area contributed by atoms with E-state index in [0.717, 1.165) is 12.1 Å². The minimum atomic E-state index is 0.434. The molecule has 0 amide bonds. The fraction of sp³-hybridized carbons (Fsp3) is 0.533. The van der Waals surface area contributed by atoms with Crippen LogP contribution in [0.1, 0.15) is 32.1 Å². The van der Waals surface area contributed by atoms with Crippen LogP contribution in [0.3, 0.4) is 0 Å². The van der Waals surface area contributed by atoms with Crippen LogP contribution >= 0.6 is 23.3 Å². The highest BCUT2D eigenvalue weighted by atomic mass is 32.2. The van der Waals surface area contributed by atoms with Crippen LogP contribution in [0.5, 0.6) is 0 Å². The van der Waals surface area contributed by atoms with Crippen LogP contribution < -0.4 is 5.32 Å². The van der Waals surface area contributed by atoms with Gasteiger partial charge in [0.1, 0.15) is 5.00 Å². The van der Waals surface area contributed by atoms with E-state index in [9.17, 15) is 0 Å². The molecule has 0 radical (unpaired) electrons. The van der Waals surface area contributed by atoms with E-state index in [4.69, 9.17) is 0 Å². The predicted molar refractivity (Wildman–Crippen MR) is 87.4 cm³/mol. The summed E-state index contributed by atoms with van der Waals surface area (Å²) in [6, 6.07) is 8.39. The molecule has 3 rings (SSSR count). The number of fused-ring (bicyclic) bond motifs is 1. The van der Waals surface area contributed by atoms with E-state index in [1.807, 2.05) is 11.8 Å². The summed E-state index contributed by atoms with van der Waals surface area (Å²) >= 11 is 3.63. The van der Waals surface area contributed by atoms with Crippen molar-refractivity contribution in [3.05, 3.63) is 24.3 Å². The van der Waals surface area contributed by atoms with Gasteiger partial charge in [0.05, 0.1) is 5.52 Å². The number of benzene rings is 1. The van der Waals surface area contributed by atoms with Crippen LogP contribution in [0.25, 0.3) is 10.9 Å². The molecular formula is C15H20N2S2. The standard InChI is InChI=1S/C15H20N2S2/c1-18-15(9-5-2-6-10-15)11-16-14-12-7-3-4-8-13(12)17-19-14/h3-4,7-8,16H,2,5-6,9-11H2,1H3. The Hall–Kier alpha value is -0.740. The molecule has 0 unspecified atom stereocenters. The van der Waals surface area contributed by atoms with Crippen LogP contribution in [0.4, 0.5) is 5.00 Å². The highest BCUT2D eigenvalue weighted by Crippen LogP contribution is 2.39. The Morgan fingerprint density at radius 2 is 2.05 bits per heavy atom. The smallest absolute Gasteiger partial charge is 0.117 e. The van der Waals surface area contributed by atoms with Gasteiger partial charge in [0, 0.05) is 16.7 Å². The van der Waals surface area contributed by atoms with Crippen molar-refractivity contribution in [2.75, 3.05) is 18.1 Å². The Kier molecular flexibility index (Phi) is 3.99. The number of anilines is 1. The minimum absolute atomic E-state index is 0.434. The number of thioether (sulfide) groups is 1. The fourth-order valence-electron chi connectivity index (χ4n) is 2.91. The normalized spacial score (nSPS) is 18.6. The van der Waals surface area contributed by atoms with E-state index in [0.29, 0.717) is 4.75 Å². The Balaban J connectivity index is 1.74. The maximum atomic E-state index is 4.50. The number of hydrogen-bond donors (Lipinski definition) is 1. The zero-order chi connectivity index (χ0) is 13.1. The molecule has 19 heavy (non-hydrogen) atoms. The molecule has 0 atom stereocenters. The van der Waals surface area contributed by atoms with Gasteiger partial charge in [-0.05, 0) is 42.8 Å². The largest absolute Gasteiger partial charge is 0.374 e. The van der Waals surface area contributed by atoms with Gasteiger partial charge >= 0.3 is 0 Å². The lowest BCUT2D eigenvalue weighted by Crippen LogP contribution is -2.35. The van der Waals surface area contributed by atoms with Crippen LogP contribution in [-0.2, 0) is 0 Å². The molecule has 0 spiro atoms. The van der Waals surface area contributed by atoms with Crippen LogP contribution in [0.15, 0.2) is 24.3 Å². The van der Waals surface area contributed by atoms with Gasteiger partial charge < -0.3 is 5.32 Å². The van der Waals surface area contributed by atoms with Gasteiger partial charge in [0.25, 0.3) is 0 Å². The van der Waals surface area contributed by atoms with Crippen molar-refractivity contribution in [3.8, 4) is 0 Å². The first-order valence-corrected chi connectivity index (χ1v) is 8.96. The first kappa shape index (κ1) is 13.3. The molecule has 1 aromatic heterocycles. The van der Waals surface area contributed by atoms with Gasteiger partial charge in [-0.15, -0.1) is 0 Å². The number of hydrogen-bond acceptors (Lipinski definition) is 4. The van der Waals surface area contributed by atoms with Crippen molar-refractivity contribution >= 4 is 39.2 Å². The van der Waals surface area contributed by atoms with E-state index >= 15 is 0 Å². The molecule has 4 heteroatoms. The molecule has 1 aliphatic carbocycles. The number of nitrogens with one attached hydrogen (secondary N) is 1. The van der Waals surface area contributed by atoms with Crippen LogP contribution in [-0.4, -0.2) is 21.9 Å². The Labute approximate surface area is 123 Å². The third-order valence-electron chi connectivity index (χ3n) is 4.15. The molecule has 1 aliphatic rings. The average molecular weight is 292 g/mol. The summed E-state index contributed by atoms with van der Waals surface area (Å²) < 4.78 is 4.94. The fourth-order valence-corrected chi connectivity index (χ4v) is 4.58. The van der Waals surface area contributed by atoms with Gasteiger partial charge in [0.15, 0.2) is 0 Å². The van der Waals surface area contributed by atoms with Gasteiger partial charge in [-0.3, -0.25) is 0 Å². The molecule has 1 saturated carbocycles. The highest BCUT2D eigenvalue weighted by Gasteiger charge is 2.31. The molecule has 0 aliphatic heterocycles. The molecule has 1 N–H and O–H groups in total. The van der Waals surface area contributed by atoms with Crippen molar-refractivity contribution in [1.82, 2.24) is 4.37 Å². The molecular weight excluding hydrogens is 272 g/mol. The Morgan fingerprint density at radius 3 is 2.84 bits per heavy atom. The van der Waals surface area contributed by atoms with Crippen molar-refractivity contribution < 1.29 is 0 Å². The van der Waals surface area contributed by atoms with Crippen molar-refractivity contribution in [3.63, 3.8) is 0 Å². The first-order valence-electron chi connectivity index (χ1n) is 6.96. The summed E-state index contributed by atoms with van der Waals surface area (Å²) in [5, 5.41) is 6.16. The SMILES string of the molecule is CSC1(CNc2snc3ccccc23)CCCCC1. The molecule has 1 heterocycles. The Morgan fingerprint density at radius 1 is 1.26 bits per heavy atom. The van der Waals surface area contributed by atoms with Crippen molar-refractivity contribution in [2.45, 2.75) is 36.9 Å². The lowest BCUT2D eigenvalue weighted by Gasteiger charge is -2.36. The van der Waals surface area contributed by atoms with Gasteiger partial charge in [-0.25, -0.2) is 0 Å². The van der Waals surface area contributed by atoms with Crippen LogP contribution in [0, 0.1) is 0 Å². The maximum absolute atomic E-state index is 4.50. The van der Waals surface area contributed by atoms with Gasteiger partial charge in [-0.2, -0.15) is 16.1 Å². The molecule has 1 fully saturated rings. The molecule has 2 nitrogen and oxygen atoms in total. The van der Waals surface area contributed by atoms with E-state index < -0.39 is 0 Å². The van der Waals surface area contributed by atoms with Crippen LogP contribution in [0.2, 0.25) is 0 Å². The summed E-state index contributed by atoms with van der Waals surface area (Å²) in [4.78, 5) is 0. The summed E-state index contributed by atoms with van der Waals surface area (Å²) in [7, 11) is 0. The lowest BCUT2D eigenvalue weighted by atomic mass is 9.88. The number of rotatable bonds is 4. The molecule has 0 bridgehead atoms. The quantitative estimate of drug-likeness (QED) is 0.878. The Bertz CT molecular complexity index is 544. The zero-order valence-corrected chi connectivity index (χ0v) is 12.9. The van der Waals surface area contributed by atoms with Gasteiger partial charge in [0.2, 0.25) is 0 Å². The maximum Gasteiger partial charge on any atom is 0.117 e. The second kappa shape index (κ2) is 5.71. The molecule has 1 aromatic carbocycles. The second-order valence-electron chi connectivity index (χ2n) is 5.33. The van der Waals surface area contributed by atoms with E-state index in [1.165, 1.54) is 42.5 Å². The monoisotopic (exact) mass is 292 g/mol. The summed E-state index contributed by atoms with van der Waals surface area (Å²) in [5.74, 6) is 0.